The highest BCUT2D eigenvalue weighted by molar-refractivity contribution is 6.04. The van der Waals surface area contributed by atoms with Gasteiger partial charge in [-0.05, 0) is 73.4 Å². The Morgan fingerprint density at radius 3 is 2.29 bits per heavy atom. The molecule has 0 radical (unpaired) electrons. The molecule has 1 heterocycles. The first-order chi connectivity index (χ1) is 16.6. The minimum Gasteiger partial charge on any atom is -0.496 e. The minimum absolute atomic E-state index is 0.0668. The van der Waals surface area contributed by atoms with Crippen LogP contribution in [0.4, 0.5) is 18.9 Å². The monoisotopic (exact) mass is 481 g/mol. The lowest BCUT2D eigenvalue weighted by molar-refractivity contribution is -0.137. The molecule has 0 fully saturated rings. The van der Waals surface area contributed by atoms with Gasteiger partial charge in [-0.25, -0.2) is 0 Å². The molecule has 0 bridgehead atoms. The SMILES string of the molecule is COc1ccc(C2NC(C)=C(C(=O)Nc3cccc(C(F)(F)F)c3)N2)cc1-c1c(C)cccc1C. The zero-order valence-corrected chi connectivity index (χ0v) is 19.8. The molecule has 0 saturated carbocycles. The zero-order chi connectivity index (χ0) is 25.3. The summed E-state index contributed by atoms with van der Waals surface area (Å²) in [5.41, 5.74) is 5.21. The van der Waals surface area contributed by atoms with Crippen LogP contribution in [0.25, 0.3) is 11.1 Å². The Kier molecular flexibility index (Phi) is 6.47. The van der Waals surface area contributed by atoms with Gasteiger partial charge >= 0.3 is 6.18 Å². The summed E-state index contributed by atoms with van der Waals surface area (Å²) in [4.78, 5) is 12.9. The number of alkyl halides is 3. The molecule has 5 nitrogen and oxygen atoms in total. The van der Waals surface area contributed by atoms with E-state index in [1.165, 1.54) is 12.1 Å². The number of allylic oxidation sites excluding steroid dienone is 1. The van der Waals surface area contributed by atoms with Crippen LogP contribution >= 0.6 is 0 Å². The molecular formula is C27H26F3N3O2. The Morgan fingerprint density at radius 1 is 0.943 bits per heavy atom. The number of ether oxygens (including phenoxy) is 1. The van der Waals surface area contributed by atoms with Gasteiger partial charge in [0.15, 0.2) is 0 Å². The Balaban J connectivity index is 1.57. The van der Waals surface area contributed by atoms with E-state index in [1.807, 2.05) is 50.2 Å². The second-order valence-electron chi connectivity index (χ2n) is 8.48. The number of carbonyl (C=O) groups is 1. The summed E-state index contributed by atoms with van der Waals surface area (Å²) >= 11 is 0. The van der Waals surface area contributed by atoms with Crippen molar-refractivity contribution >= 4 is 11.6 Å². The highest BCUT2D eigenvalue weighted by atomic mass is 19.4. The average Bonchev–Trinajstić information content (AvgIpc) is 3.20. The molecular weight excluding hydrogens is 455 g/mol. The van der Waals surface area contributed by atoms with Crippen molar-refractivity contribution in [1.29, 1.82) is 0 Å². The topological polar surface area (TPSA) is 62.4 Å². The van der Waals surface area contributed by atoms with Crippen LogP contribution in [-0.4, -0.2) is 13.0 Å². The minimum atomic E-state index is -4.49. The van der Waals surface area contributed by atoms with E-state index in [4.69, 9.17) is 4.74 Å². The molecule has 3 aromatic rings. The number of nitrogens with one attached hydrogen (secondary N) is 3. The van der Waals surface area contributed by atoms with Crippen LogP contribution in [0.15, 0.2) is 72.1 Å². The molecule has 3 aromatic carbocycles. The van der Waals surface area contributed by atoms with Crippen LogP contribution in [0.2, 0.25) is 0 Å². The maximum atomic E-state index is 13.0. The number of amides is 1. The quantitative estimate of drug-likeness (QED) is 0.415. The van der Waals surface area contributed by atoms with Crippen LogP contribution < -0.4 is 20.7 Å². The lowest BCUT2D eigenvalue weighted by atomic mass is 9.93. The molecule has 1 unspecified atom stereocenters. The Bertz CT molecular complexity index is 1300. The van der Waals surface area contributed by atoms with Gasteiger partial charge in [0.1, 0.15) is 17.6 Å². The van der Waals surface area contributed by atoms with Gasteiger partial charge in [-0.15, -0.1) is 0 Å². The van der Waals surface area contributed by atoms with Crippen molar-refractivity contribution < 1.29 is 22.7 Å². The highest BCUT2D eigenvalue weighted by Crippen LogP contribution is 2.37. The fourth-order valence-corrected chi connectivity index (χ4v) is 4.29. The summed E-state index contributed by atoms with van der Waals surface area (Å²) in [5, 5.41) is 8.97. The summed E-state index contributed by atoms with van der Waals surface area (Å²) in [6.07, 6.45) is -4.89. The molecule has 35 heavy (non-hydrogen) atoms. The number of benzene rings is 3. The van der Waals surface area contributed by atoms with Gasteiger partial charge in [0, 0.05) is 16.9 Å². The number of carbonyl (C=O) groups excluding carboxylic acids is 1. The van der Waals surface area contributed by atoms with Crippen molar-refractivity contribution in [1.82, 2.24) is 10.6 Å². The average molecular weight is 482 g/mol. The summed E-state index contributed by atoms with van der Waals surface area (Å²) in [6.45, 7) is 5.83. The van der Waals surface area contributed by atoms with Gasteiger partial charge in [0.2, 0.25) is 0 Å². The largest absolute Gasteiger partial charge is 0.496 e. The molecule has 3 N–H and O–H groups in total. The number of rotatable bonds is 5. The third-order valence-corrected chi connectivity index (χ3v) is 6.01. The van der Waals surface area contributed by atoms with Crippen molar-refractivity contribution in [2.75, 3.05) is 12.4 Å². The molecule has 1 aliphatic heterocycles. The second-order valence-corrected chi connectivity index (χ2v) is 8.48. The number of methoxy groups -OCH3 is 1. The van der Waals surface area contributed by atoms with Gasteiger partial charge in [0.05, 0.1) is 12.7 Å². The van der Waals surface area contributed by atoms with E-state index in [0.29, 0.717) is 5.70 Å². The van der Waals surface area contributed by atoms with Gasteiger partial charge in [-0.1, -0.05) is 30.3 Å². The Morgan fingerprint density at radius 2 is 1.63 bits per heavy atom. The molecule has 0 spiro atoms. The smallest absolute Gasteiger partial charge is 0.416 e. The molecule has 1 amide bonds. The van der Waals surface area contributed by atoms with E-state index in [1.54, 1.807) is 14.0 Å². The van der Waals surface area contributed by atoms with E-state index in [9.17, 15) is 18.0 Å². The standard InChI is InChI=1S/C27H26F3N3O2/c1-15-7-5-8-16(2)23(15)21-13-18(11-12-22(21)35-4)25-31-17(3)24(33-25)26(34)32-20-10-6-9-19(14-20)27(28,29)30/h5-14,25,31,33H,1-4H3,(H,32,34). The van der Waals surface area contributed by atoms with Crippen molar-refractivity contribution in [3.63, 3.8) is 0 Å². The maximum Gasteiger partial charge on any atom is 0.416 e. The molecule has 0 saturated heterocycles. The van der Waals surface area contributed by atoms with Crippen molar-refractivity contribution in [2.45, 2.75) is 33.1 Å². The predicted octanol–water partition coefficient (Wildman–Crippen LogP) is 6.06. The molecule has 0 aromatic heterocycles. The Labute approximate surface area is 202 Å². The van der Waals surface area contributed by atoms with Crippen LogP contribution in [0.5, 0.6) is 5.75 Å². The first-order valence-electron chi connectivity index (χ1n) is 11.1. The van der Waals surface area contributed by atoms with E-state index in [-0.39, 0.29) is 11.4 Å². The maximum absolute atomic E-state index is 13.0. The van der Waals surface area contributed by atoms with E-state index in [0.717, 1.165) is 45.7 Å². The van der Waals surface area contributed by atoms with Crippen molar-refractivity contribution in [3.05, 3.63) is 94.3 Å². The molecule has 4 rings (SSSR count). The second kappa shape index (κ2) is 9.37. The summed E-state index contributed by atoms with van der Waals surface area (Å²) in [6, 6.07) is 16.4. The number of anilines is 1. The third kappa shape index (κ3) is 4.96. The van der Waals surface area contributed by atoms with Crippen LogP contribution in [-0.2, 0) is 11.0 Å². The first kappa shape index (κ1) is 24.2. The van der Waals surface area contributed by atoms with E-state index < -0.39 is 23.8 Å². The normalized spacial score (nSPS) is 15.5. The number of halogens is 3. The van der Waals surface area contributed by atoms with Crippen LogP contribution in [0, 0.1) is 13.8 Å². The van der Waals surface area contributed by atoms with Crippen LogP contribution in [0.3, 0.4) is 0 Å². The molecule has 8 heteroatoms. The summed E-state index contributed by atoms with van der Waals surface area (Å²) < 4.78 is 44.7. The van der Waals surface area contributed by atoms with E-state index in [2.05, 4.69) is 16.0 Å². The lowest BCUT2D eigenvalue weighted by Gasteiger charge is -2.19. The van der Waals surface area contributed by atoms with Crippen LogP contribution in [0.1, 0.15) is 35.3 Å². The van der Waals surface area contributed by atoms with Gasteiger partial charge in [0.25, 0.3) is 5.91 Å². The van der Waals surface area contributed by atoms with Crippen molar-refractivity contribution in [3.8, 4) is 16.9 Å². The fourth-order valence-electron chi connectivity index (χ4n) is 4.29. The number of hydrogen-bond donors (Lipinski definition) is 3. The fraction of sp³-hybridized carbons (Fsp3) is 0.222. The number of hydrogen-bond acceptors (Lipinski definition) is 4. The van der Waals surface area contributed by atoms with Gasteiger partial charge < -0.3 is 20.7 Å². The molecule has 1 aliphatic rings. The van der Waals surface area contributed by atoms with Gasteiger partial charge in [-0.3, -0.25) is 4.79 Å². The number of aryl methyl sites for hydroxylation is 2. The molecule has 0 aliphatic carbocycles. The Hall–Kier alpha value is -3.94. The van der Waals surface area contributed by atoms with Crippen molar-refractivity contribution in [2.24, 2.45) is 0 Å². The summed E-state index contributed by atoms with van der Waals surface area (Å²) in [5.74, 6) is 0.205. The summed E-state index contributed by atoms with van der Waals surface area (Å²) in [7, 11) is 1.63. The zero-order valence-electron chi connectivity index (χ0n) is 19.8. The lowest BCUT2D eigenvalue weighted by Crippen LogP contribution is -2.27. The first-order valence-corrected chi connectivity index (χ1v) is 11.1. The predicted molar refractivity (Wildman–Crippen MR) is 130 cm³/mol. The van der Waals surface area contributed by atoms with E-state index >= 15 is 0 Å². The molecule has 182 valence electrons. The molecule has 1 atom stereocenters. The van der Waals surface area contributed by atoms with Gasteiger partial charge in [-0.2, -0.15) is 13.2 Å². The third-order valence-electron chi connectivity index (χ3n) is 6.01. The highest BCUT2D eigenvalue weighted by Gasteiger charge is 2.31.